The second kappa shape index (κ2) is 7.17. The first kappa shape index (κ1) is 17.5. The van der Waals surface area contributed by atoms with E-state index >= 15 is 0 Å². The minimum Gasteiger partial charge on any atom is -0.481 e. The van der Waals surface area contributed by atoms with Crippen LogP contribution in [0.3, 0.4) is 0 Å². The van der Waals surface area contributed by atoms with Gasteiger partial charge in [0.1, 0.15) is 5.75 Å². The molecular formula is C19H22N2O3. The molecule has 0 unspecified atom stereocenters. The van der Waals surface area contributed by atoms with Gasteiger partial charge in [0.25, 0.3) is 5.91 Å². The highest BCUT2D eigenvalue weighted by Crippen LogP contribution is 2.23. The first-order valence-electron chi connectivity index (χ1n) is 7.74. The van der Waals surface area contributed by atoms with Crippen molar-refractivity contribution in [2.75, 3.05) is 5.32 Å². The number of benzene rings is 2. The summed E-state index contributed by atoms with van der Waals surface area (Å²) in [7, 11) is 0. The first-order chi connectivity index (χ1) is 11.3. The van der Waals surface area contributed by atoms with Crippen LogP contribution in [0.1, 0.15) is 34.0 Å². The number of anilines is 1. The summed E-state index contributed by atoms with van der Waals surface area (Å²) in [5, 5.41) is 2.79. The highest BCUT2D eigenvalue weighted by Gasteiger charge is 2.18. The highest BCUT2D eigenvalue weighted by molar-refractivity contribution is 5.99. The third kappa shape index (κ3) is 3.74. The Labute approximate surface area is 141 Å². The molecule has 0 bridgehead atoms. The van der Waals surface area contributed by atoms with Crippen molar-refractivity contribution < 1.29 is 14.3 Å². The molecule has 2 amide bonds. The van der Waals surface area contributed by atoms with Gasteiger partial charge in [0, 0.05) is 11.3 Å². The molecule has 2 aromatic rings. The molecule has 3 N–H and O–H groups in total. The molecule has 5 heteroatoms. The topological polar surface area (TPSA) is 81.4 Å². The maximum absolute atomic E-state index is 12.4. The number of hydrogen-bond donors (Lipinski definition) is 2. The largest absolute Gasteiger partial charge is 0.481 e. The second-order valence-corrected chi connectivity index (χ2v) is 5.79. The molecule has 0 aromatic heterocycles. The van der Waals surface area contributed by atoms with Crippen molar-refractivity contribution in [2.24, 2.45) is 5.73 Å². The molecule has 0 radical (unpaired) electrons. The smallest absolute Gasteiger partial charge is 0.265 e. The van der Waals surface area contributed by atoms with Gasteiger partial charge in [0.05, 0.1) is 0 Å². The van der Waals surface area contributed by atoms with Crippen molar-refractivity contribution in [3.05, 3.63) is 58.7 Å². The van der Waals surface area contributed by atoms with Crippen LogP contribution in [0.4, 0.5) is 5.69 Å². The number of ether oxygens (including phenoxy) is 1. The predicted molar refractivity (Wildman–Crippen MR) is 94.3 cm³/mol. The molecule has 2 rings (SSSR count). The lowest BCUT2D eigenvalue weighted by Crippen LogP contribution is -2.31. The van der Waals surface area contributed by atoms with Gasteiger partial charge >= 0.3 is 0 Å². The van der Waals surface area contributed by atoms with Gasteiger partial charge < -0.3 is 15.8 Å². The number of rotatable bonds is 5. The normalized spacial score (nSPS) is 11.7. The van der Waals surface area contributed by atoms with Crippen LogP contribution < -0.4 is 15.8 Å². The van der Waals surface area contributed by atoms with Crippen molar-refractivity contribution in [3.8, 4) is 5.75 Å². The summed E-state index contributed by atoms with van der Waals surface area (Å²) in [4.78, 5) is 23.8. The van der Waals surface area contributed by atoms with E-state index in [4.69, 9.17) is 10.5 Å². The zero-order valence-corrected chi connectivity index (χ0v) is 14.3. The number of hydrogen-bond acceptors (Lipinski definition) is 3. The molecule has 5 nitrogen and oxygen atoms in total. The van der Waals surface area contributed by atoms with Crippen molar-refractivity contribution in [2.45, 2.75) is 33.8 Å². The number of amides is 2. The van der Waals surface area contributed by atoms with Gasteiger partial charge in [-0.05, 0) is 62.6 Å². The molecule has 24 heavy (non-hydrogen) atoms. The minimum atomic E-state index is -0.679. The average Bonchev–Trinajstić information content (AvgIpc) is 2.53. The van der Waals surface area contributed by atoms with Gasteiger partial charge in [0.15, 0.2) is 6.10 Å². The molecule has 0 saturated carbocycles. The number of nitrogens with one attached hydrogen (secondary N) is 1. The summed E-state index contributed by atoms with van der Waals surface area (Å²) in [6, 6.07) is 10.8. The van der Waals surface area contributed by atoms with E-state index in [0.717, 1.165) is 11.1 Å². The van der Waals surface area contributed by atoms with Gasteiger partial charge in [-0.3, -0.25) is 9.59 Å². The molecule has 0 aliphatic heterocycles. The highest BCUT2D eigenvalue weighted by atomic mass is 16.5. The van der Waals surface area contributed by atoms with Crippen LogP contribution in [0.5, 0.6) is 5.75 Å². The second-order valence-electron chi connectivity index (χ2n) is 5.79. The Morgan fingerprint density at radius 1 is 1.04 bits per heavy atom. The van der Waals surface area contributed by atoms with Crippen LogP contribution >= 0.6 is 0 Å². The van der Waals surface area contributed by atoms with Crippen molar-refractivity contribution in [1.29, 1.82) is 0 Å². The third-order valence-electron chi connectivity index (χ3n) is 4.09. The fourth-order valence-electron chi connectivity index (χ4n) is 2.37. The minimum absolute atomic E-state index is 0.291. The molecule has 0 spiro atoms. The predicted octanol–water partition coefficient (Wildman–Crippen LogP) is 3.12. The fourth-order valence-corrected chi connectivity index (χ4v) is 2.37. The van der Waals surface area contributed by atoms with Crippen LogP contribution in [-0.4, -0.2) is 17.9 Å². The fraction of sp³-hybridized carbons (Fsp3) is 0.263. The molecule has 0 aliphatic rings. The maximum atomic E-state index is 12.4. The SMILES string of the molecule is Cc1cccc(O[C@H](C)C(=O)Nc2cccc(C(N)=O)c2C)c1C. The van der Waals surface area contributed by atoms with Crippen molar-refractivity contribution in [1.82, 2.24) is 0 Å². The lowest BCUT2D eigenvalue weighted by molar-refractivity contribution is -0.122. The van der Waals surface area contributed by atoms with E-state index < -0.39 is 12.0 Å². The number of carbonyl (C=O) groups excluding carboxylic acids is 2. The molecule has 2 aromatic carbocycles. The van der Waals surface area contributed by atoms with Gasteiger partial charge in [-0.25, -0.2) is 0 Å². The lowest BCUT2D eigenvalue weighted by Gasteiger charge is -2.18. The summed E-state index contributed by atoms with van der Waals surface area (Å²) >= 11 is 0. The van der Waals surface area contributed by atoms with Crippen LogP contribution in [0, 0.1) is 20.8 Å². The van der Waals surface area contributed by atoms with Gasteiger partial charge in [0.2, 0.25) is 5.91 Å². The standard InChI is InChI=1S/C19H22N2O3/c1-11-7-5-10-17(12(11)2)24-14(4)19(23)21-16-9-6-8-15(13(16)3)18(20)22/h5-10,14H,1-4H3,(H2,20,22)(H,21,23)/t14-/m1/s1. The monoisotopic (exact) mass is 326 g/mol. The Bertz CT molecular complexity index is 784. The van der Waals surface area contributed by atoms with Crippen molar-refractivity contribution >= 4 is 17.5 Å². The van der Waals surface area contributed by atoms with Gasteiger partial charge in [-0.1, -0.05) is 18.2 Å². The summed E-state index contributed by atoms with van der Waals surface area (Å²) in [5.74, 6) is -0.135. The summed E-state index contributed by atoms with van der Waals surface area (Å²) in [5.41, 5.74) is 9.01. The molecule has 1 atom stereocenters. The van der Waals surface area contributed by atoms with E-state index in [0.29, 0.717) is 22.6 Å². The van der Waals surface area contributed by atoms with E-state index in [1.165, 1.54) is 0 Å². The molecule has 126 valence electrons. The molecule has 0 fully saturated rings. The van der Waals surface area contributed by atoms with E-state index in [-0.39, 0.29) is 5.91 Å². The summed E-state index contributed by atoms with van der Waals surface area (Å²) < 4.78 is 5.77. The number of carbonyl (C=O) groups is 2. The Morgan fingerprint density at radius 2 is 1.71 bits per heavy atom. The van der Waals surface area contributed by atoms with E-state index in [1.54, 1.807) is 32.0 Å². The Kier molecular flexibility index (Phi) is 5.24. The number of primary amides is 1. The van der Waals surface area contributed by atoms with Gasteiger partial charge in [-0.15, -0.1) is 0 Å². The Hall–Kier alpha value is -2.82. The van der Waals surface area contributed by atoms with Crippen molar-refractivity contribution in [3.63, 3.8) is 0 Å². The number of nitrogens with two attached hydrogens (primary N) is 1. The maximum Gasteiger partial charge on any atom is 0.265 e. The molecule has 0 aliphatic carbocycles. The zero-order valence-electron chi connectivity index (χ0n) is 14.3. The van der Waals surface area contributed by atoms with Crippen LogP contribution in [0.15, 0.2) is 36.4 Å². The van der Waals surface area contributed by atoms with E-state index in [9.17, 15) is 9.59 Å². The zero-order chi connectivity index (χ0) is 17.9. The number of aryl methyl sites for hydroxylation is 1. The molecular weight excluding hydrogens is 304 g/mol. The molecule has 0 heterocycles. The average molecular weight is 326 g/mol. The quantitative estimate of drug-likeness (QED) is 0.886. The van der Waals surface area contributed by atoms with Crippen LogP contribution in [-0.2, 0) is 4.79 Å². The summed E-state index contributed by atoms with van der Waals surface area (Å²) in [6.45, 7) is 7.37. The van der Waals surface area contributed by atoms with Crippen LogP contribution in [0.25, 0.3) is 0 Å². The first-order valence-corrected chi connectivity index (χ1v) is 7.74. The third-order valence-corrected chi connectivity index (χ3v) is 4.09. The van der Waals surface area contributed by atoms with E-state index in [1.807, 2.05) is 32.0 Å². The summed E-state index contributed by atoms with van der Waals surface area (Å²) in [6.07, 6.45) is -0.679. The lowest BCUT2D eigenvalue weighted by atomic mass is 10.1. The Morgan fingerprint density at radius 3 is 2.38 bits per heavy atom. The van der Waals surface area contributed by atoms with Gasteiger partial charge in [-0.2, -0.15) is 0 Å². The molecule has 0 saturated heterocycles. The van der Waals surface area contributed by atoms with E-state index in [2.05, 4.69) is 5.32 Å². The van der Waals surface area contributed by atoms with Crippen LogP contribution in [0.2, 0.25) is 0 Å². The Balaban J connectivity index is 2.14.